The number of aryl methyl sites for hydroxylation is 1. The Labute approximate surface area is 302 Å². The summed E-state index contributed by atoms with van der Waals surface area (Å²) in [6.45, 7) is 2.34. The molecule has 3 rings (SSSR count). The van der Waals surface area contributed by atoms with Gasteiger partial charge in [-0.1, -0.05) is 115 Å². The number of aromatic nitrogens is 2. The van der Waals surface area contributed by atoms with Gasteiger partial charge in [0.05, 0.1) is 27.4 Å². The van der Waals surface area contributed by atoms with E-state index in [0.717, 1.165) is 19.3 Å². The average molecular weight is 651 g/mol. The molecule has 3 aromatic rings. The topological polar surface area (TPSA) is 132 Å². The Bertz CT molecular complexity index is 1460. The summed E-state index contributed by atoms with van der Waals surface area (Å²) >= 11 is 0. The fraction of sp³-hybridized carbons (Fsp3) is 0.581. The van der Waals surface area contributed by atoms with E-state index in [1.54, 1.807) is 12.1 Å². The van der Waals surface area contributed by atoms with Crippen LogP contribution in [0.1, 0.15) is 115 Å². The summed E-state index contributed by atoms with van der Waals surface area (Å²) in [5.41, 5.74) is 1.26. The molecular weight excluding hydrogens is 606 g/mol. The first-order valence-corrected chi connectivity index (χ1v) is 17.9. The third-order valence-corrected chi connectivity index (χ3v) is 9.43. The van der Waals surface area contributed by atoms with Crippen LogP contribution in [-0.2, 0) is 33.2 Å². The number of unbranched alkanes of at least 4 members (excludes halogenated alkanes) is 14. The number of imidazole rings is 1. The molecule has 0 bridgehead atoms. The third kappa shape index (κ3) is 13.9. The van der Waals surface area contributed by atoms with Crippen LogP contribution in [-0.4, -0.2) is 35.5 Å². The van der Waals surface area contributed by atoms with Gasteiger partial charge in [0.2, 0.25) is 0 Å². The molecule has 43 heavy (non-hydrogen) atoms. The first-order valence-electron chi connectivity index (χ1n) is 15.1. The van der Waals surface area contributed by atoms with Gasteiger partial charge in [-0.15, -0.1) is 0 Å². The molecule has 1 heterocycles. The Morgan fingerprint density at radius 1 is 0.674 bits per heavy atom. The Kier molecular flexibility index (Phi) is 19.7. The Balaban J connectivity index is 0.00000462. The SMILES string of the molecule is CCCCCCCCCCCCCCCCCc1nc2cc(S(=O)(=O)[O-])ccc2n1Cc1ccccc1S(=O)(=O)[O-].[Na+].[Na+]. The van der Waals surface area contributed by atoms with Crippen LogP contribution in [0.2, 0.25) is 0 Å². The van der Waals surface area contributed by atoms with Crippen molar-refractivity contribution < 1.29 is 85.1 Å². The molecular formula is C31H44N2Na2O6S2. The fourth-order valence-corrected chi connectivity index (χ4v) is 6.58. The van der Waals surface area contributed by atoms with Crippen molar-refractivity contribution in [1.82, 2.24) is 9.55 Å². The molecule has 0 aliphatic carbocycles. The van der Waals surface area contributed by atoms with Gasteiger partial charge in [-0.3, -0.25) is 0 Å². The van der Waals surface area contributed by atoms with Crippen molar-refractivity contribution in [2.75, 3.05) is 0 Å². The molecule has 0 saturated heterocycles. The summed E-state index contributed by atoms with van der Waals surface area (Å²) in [6, 6.07) is 10.0. The zero-order valence-electron chi connectivity index (χ0n) is 26.2. The molecule has 1 aromatic heterocycles. The summed E-state index contributed by atoms with van der Waals surface area (Å²) in [6.07, 6.45) is 19.5. The van der Waals surface area contributed by atoms with Gasteiger partial charge in [0.15, 0.2) is 0 Å². The van der Waals surface area contributed by atoms with Crippen molar-refractivity contribution in [3.63, 3.8) is 0 Å². The minimum atomic E-state index is -4.68. The maximum atomic E-state index is 11.8. The first kappa shape index (κ1) is 40.8. The smallest absolute Gasteiger partial charge is 0.744 e. The van der Waals surface area contributed by atoms with Crippen LogP contribution in [0.25, 0.3) is 11.0 Å². The first-order chi connectivity index (χ1) is 19.6. The molecule has 0 saturated carbocycles. The van der Waals surface area contributed by atoms with E-state index < -0.39 is 20.2 Å². The monoisotopic (exact) mass is 650 g/mol. The van der Waals surface area contributed by atoms with E-state index in [1.165, 1.54) is 107 Å². The minimum absolute atomic E-state index is 0. The van der Waals surface area contributed by atoms with Crippen LogP contribution in [0, 0.1) is 0 Å². The molecule has 0 atom stereocenters. The van der Waals surface area contributed by atoms with E-state index >= 15 is 0 Å². The molecule has 0 aliphatic heterocycles. The molecule has 0 N–H and O–H groups in total. The van der Waals surface area contributed by atoms with Gasteiger partial charge in [-0.05, 0) is 36.2 Å². The van der Waals surface area contributed by atoms with Crippen molar-refractivity contribution in [2.24, 2.45) is 0 Å². The Hall–Kier alpha value is -0.270. The van der Waals surface area contributed by atoms with Gasteiger partial charge in [0.25, 0.3) is 0 Å². The zero-order chi connectivity index (χ0) is 29.7. The second-order valence-electron chi connectivity index (χ2n) is 11.0. The summed E-state index contributed by atoms with van der Waals surface area (Å²) < 4.78 is 72.0. The van der Waals surface area contributed by atoms with Crippen molar-refractivity contribution in [2.45, 2.75) is 126 Å². The van der Waals surface area contributed by atoms with E-state index in [0.29, 0.717) is 28.8 Å². The summed E-state index contributed by atoms with van der Waals surface area (Å²) in [7, 11) is -9.32. The van der Waals surface area contributed by atoms with E-state index in [-0.39, 0.29) is 75.5 Å². The zero-order valence-corrected chi connectivity index (χ0v) is 31.9. The molecule has 0 spiro atoms. The fourth-order valence-electron chi connectivity index (χ4n) is 5.39. The van der Waals surface area contributed by atoms with Crippen LogP contribution >= 0.6 is 0 Å². The van der Waals surface area contributed by atoms with E-state index in [9.17, 15) is 25.9 Å². The standard InChI is InChI=1S/C31H46N2O6S2.2Na/c1-2-3-4-5-6-7-8-9-10-11-12-13-14-15-16-21-31-32-28-24-27(40(34,35)36)22-23-29(28)33(31)25-26-19-17-18-20-30(26)41(37,38)39;;/h17-20,22-24H,2-16,21,25H2,1H3,(H,34,35,36)(H,37,38,39);;/q;2*+1/p-2. The van der Waals surface area contributed by atoms with Crippen LogP contribution in [0.4, 0.5) is 0 Å². The molecule has 228 valence electrons. The second kappa shape index (κ2) is 20.8. The van der Waals surface area contributed by atoms with Gasteiger partial charge in [-0.2, -0.15) is 0 Å². The van der Waals surface area contributed by atoms with Gasteiger partial charge in [-0.25, -0.2) is 21.8 Å². The average Bonchev–Trinajstić information content (AvgIpc) is 3.26. The Morgan fingerprint density at radius 3 is 1.70 bits per heavy atom. The summed E-state index contributed by atoms with van der Waals surface area (Å²) in [4.78, 5) is 3.95. The van der Waals surface area contributed by atoms with E-state index in [4.69, 9.17) is 0 Å². The number of hydrogen-bond acceptors (Lipinski definition) is 7. The second-order valence-corrected chi connectivity index (χ2v) is 13.7. The molecule has 0 radical (unpaired) electrons. The number of benzene rings is 2. The number of nitrogens with zero attached hydrogens (tertiary/aromatic N) is 2. The van der Waals surface area contributed by atoms with Crippen molar-refractivity contribution in [3.8, 4) is 0 Å². The molecule has 0 unspecified atom stereocenters. The van der Waals surface area contributed by atoms with Gasteiger partial charge in [0, 0.05) is 6.42 Å². The quantitative estimate of drug-likeness (QED) is 0.102. The largest absolute Gasteiger partial charge is 1.00 e. The molecule has 0 aliphatic rings. The third-order valence-electron chi connectivity index (χ3n) is 7.66. The van der Waals surface area contributed by atoms with Crippen molar-refractivity contribution in [1.29, 1.82) is 0 Å². The predicted octanol–water partition coefficient (Wildman–Crippen LogP) is 1.31. The molecule has 12 heteroatoms. The van der Waals surface area contributed by atoms with Crippen LogP contribution in [0.3, 0.4) is 0 Å². The molecule has 0 fully saturated rings. The van der Waals surface area contributed by atoms with E-state index in [2.05, 4.69) is 11.9 Å². The minimum Gasteiger partial charge on any atom is -0.744 e. The van der Waals surface area contributed by atoms with Gasteiger partial charge < -0.3 is 13.7 Å². The maximum absolute atomic E-state index is 11.8. The molecule has 8 nitrogen and oxygen atoms in total. The van der Waals surface area contributed by atoms with Crippen LogP contribution in [0.5, 0.6) is 0 Å². The normalized spacial score (nSPS) is 11.8. The Morgan fingerprint density at radius 2 is 1.19 bits per heavy atom. The predicted molar refractivity (Wildman–Crippen MR) is 160 cm³/mol. The van der Waals surface area contributed by atoms with Crippen LogP contribution in [0.15, 0.2) is 52.3 Å². The van der Waals surface area contributed by atoms with E-state index in [1.807, 2.05) is 4.57 Å². The van der Waals surface area contributed by atoms with Gasteiger partial charge >= 0.3 is 59.1 Å². The van der Waals surface area contributed by atoms with Crippen molar-refractivity contribution >= 4 is 31.3 Å². The molecule has 0 amide bonds. The van der Waals surface area contributed by atoms with Gasteiger partial charge in [0.1, 0.15) is 26.1 Å². The molecule has 2 aromatic carbocycles. The number of rotatable bonds is 20. The summed E-state index contributed by atoms with van der Waals surface area (Å²) in [5, 5.41) is 0. The summed E-state index contributed by atoms with van der Waals surface area (Å²) in [5.74, 6) is 0.660. The maximum Gasteiger partial charge on any atom is 1.00 e. The number of fused-ring (bicyclic) bond motifs is 1. The van der Waals surface area contributed by atoms with Crippen molar-refractivity contribution in [3.05, 3.63) is 53.9 Å². The number of hydrogen-bond donors (Lipinski definition) is 0. The van der Waals surface area contributed by atoms with Crippen LogP contribution < -0.4 is 59.1 Å².